The first kappa shape index (κ1) is 15.2. The molecule has 1 aliphatic heterocycles. The summed E-state index contributed by atoms with van der Waals surface area (Å²) in [6.07, 6.45) is 1.19. The van der Waals surface area contributed by atoms with E-state index in [4.69, 9.17) is 9.47 Å². The molecule has 0 unspecified atom stereocenters. The van der Waals surface area contributed by atoms with Gasteiger partial charge >= 0.3 is 0 Å². The van der Waals surface area contributed by atoms with Gasteiger partial charge in [0.15, 0.2) is 11.5 Å². The lowest BCUT2D eigenvalue weighted by Crippen LogP contribution is -2.44. The van der Waals surface area contributed by atoms with E-state index in [0.717, 1.165) is 12.0 Å². The zero-order valence-electron chi connectivity index (χ0n) is 12.3. The van der Waals surface area contributed by atoms with Crippen LogP contribution in [0.2, 0.25) is 0 Å². The van der Waals surface area contributed by atoms with E-state index < -0.39 is 6.04 Å². The molecule has 6 nitrogen and oxygen atoms in total. The minimum atomic E-state index is -0.543. The van der Waals surface area contributed by atoms with Gasteiger partial charge in [0.05, 0.1) is 0 Å². The number of carbonyl (C=O) groups excluding carboxylic acids is 2. The van der Waals surface area contributed by atoms with Crippen molar-refractivity contribution in [1.29, 1.82) is 0 Å². The van der Waals surface area contributed by atoms with Crippen LogP contribution in [0.5, 0.6) is 11.5 Å². The molecule has 0 fully saturated rings. The fourth-order valence-corrected chi connectivity index (χ4v) is 2.00. The molecule has 0 spiro atoms. The zero-order chi connectivity index (χ0) is 15.2. The van der Waals surface area contributed by atoms with Gasteiger partial charge < -0.3 is 20.1 Å². The number of ether oxygens (including phenoxy) is 2. The van der Waals surface area contributed by atoms with E-state index in [1.54, 1.807) is 6.92 Å². The van der Waals surface area contributed by atoms with E-state index in [1.165, 1.54) is 0 Å². The molecule has 0 saturated carbocycles. The highest BCUT2D eigenvalue weighted by atomic mass is 16.7. The van der Waals surface area contributed by atoms with Crippen LogP contribution in [0.4, 0.5) is 0 Å². The second-order valence-corrected chi connectivity index (χ2v) is 4.94. The van der Waals surface area contributed by atoms with E-state index >= 15 is 0 Å². The Balaban J connectivity index is 1.82. The summed E-state index contributed by atoms with van der Waals surface area (Å²) in [5.41, 5.74) is 0.916. The van der Waals surface area contributed by atoms with E-state index in [1.807, 2.05) is 25.1 Å². The predicted octanol–water partition coefficient (Wildman–Crippen LogP) is 1.34. The van der Waals surface area contributed by atoms with Crippen molar-refractivity contribution in [2.45, 2.75) is 39.3 Å². The number of fused-ring (bicyclic) bond motifs is 1. The molecule has 1 heterocycles. The van der Waals surface area contributed by atoms with Crippen molar-refractivity contribution in [3.8, 4) is 11.5 Å². The molecule has 21 heavy (non-hydrogen) atoms. The summed E-state index contributed by atoms with van der Waals surface area (Å²) in [6.45, 7) is 4.20. The Morgan fingerprint density at radius 3 is 2.81 bits per heavy atom. The van der Waals surface area contributed by atoms with Crippen LogP contribution in [-0.4, -0.2) is 24.6 Å². The first-order valence-corrected chi connectivity index (χ1v) is 7.05. The highest BCUT2D eigenvalue weighted by Crippen LogP contribution is 2.32. The number of nitrogens with one attached hydrogen (secondary N) is 2. The summed E-state index contributed by atoms with van der Waals surface area (Å²) in [4.78, 5) is 23.3. The fraction of sp³-hybridized carbons (Fsp3) is 0.467. The molecule has 1 aromatic carbocycles. The summed E-state index contributed by atoms with van der Waals surface area (Å²) in [5.74, 6) is 1.08. The van der Waals surface area contributed by atoms with Crippen molar-refractivity contribution >= 4 is 11.8 Å². The molecular formula is C15H20N2O4. The van der Waals surface area contributed by atoms with Crippen LogP contribution in [0, 0.1) is 0 Å². The highest BCUT2D eigenvalue weighted by Gasteiger charge is 2.16. The number of rotatable bonds is 6. The van der Waals surface area contributed by atoms with Crippen molar-refractivity contribution in [1.82, 2.24) is 10.6 Å². The summed E-state index contributed by atoms with van der Waals surface area (Å²) in [5, 5.41) is 5.45. The molecule has 0 aromatic heterocycles. The minimum Gasteiger partial charge on any atom is -0.454 e. The van der Waals surface area contributed by atoms with Gasteiger partial charge in [-0.15, -0.1) is 0 Å². The second-order valence-electron chi connectivity index (χ2n) is 4.94. The quantitative estimate of drug-likeness (QED) is 0.829. The molecule has 2 N–H and O–H groups in total. The van der Waals surface area contributed by atoms with Gasteiger partial charge in [-0.25, -0.2) is 0 Å². The monoisotopic (exact) mass is 292 g/mol. The smallest absolute Gasteiger partial charge is 0.242 e. The number of amides is 2. The van der Waals surface area contributed by atoms with Gasteiger partial charge in [0.2, 0.25) is 18.6 Å². The summed E-state index contributed by atoms with van der Waals surface area (Å²) in [6, 6.07) is 4.98. The average Bonchev–Trinajstić information content (AvgIpc) is 2.92. The molecule has 0 saturated heterocycles. The van der Waals surface area contributed by atoms with E-state index in [0.29, 0.717) is 24.5 Å². The number of hydrogen-bond acceptors (Lipinski definition) is 4. The molecule has 114 valence electrons. The third-order valence-electron chi connectivity index (χ3n) is 3.15. The number of benzene rings is 1. The van der Waals surface area contributed by atoms with Crippen molar-refractivity contribution in [2.75, 3.05) is 6.79 Å². The van der Waals surface area contributed by atoms with Gasteiger partial charge in [0, 0.05) is 13.0 Å². The highest BCUT2D eigenvalue weighted by molar-refractivity contribution is 5.87. The van der Waals surface area contributed by atoms with Crippen LogP contribution in [0.15, 0.2) is 18.2 Å². The molecule has 1 atom stereocenters. The number of hydrogen-bond donors (Lipinski definition) is 2. The Morgan fingerprint density at radius 1 is 1.29 bits per heavy atom. The largest absolute Gasteiger partial charge is 0.454 e. The standard InChI is InChI=1S/C15H20N2O4/c1-3-4-14(18)17-10(2)15(19)16-8-11-5-6-12-13(7-11)21-9-20-12/h5-7,10H,3-4,8-9H2,1-2H3,(H,16,19)(H,17,18)/t10-/m0/s1. The molecule has 6 heteroatoms. The van der Waals surface area contributed by atoms with Gasteiger partial charge in [0.1, 0.15) is 6.04 Å². The molecule has 0 aliphatic carbocycles. The summed E-state index contributed by atoms with van der Waals surface area (Å²) < 4.78 is 10.5. The molecule has 0 radical (unpaired) electrons. The normalized spacial score (nSPS) is 13.6. The maximum atomic E-state index is 11.9. The van der Waals surface area contributed by atoms with E-state index in [9.17, 15) is 9.59 Å². The SMILES string of the molecule is CCCC(=O)N[C@@H](C)C(=O)NCc1ccc2c(c1)OCO2. The van der Waals surface area contributed by atoms with Crippen molar-refractivity contribution < 1.29 is 19.1 Å². The van der Waals surface area contributed by atoms with Crippen molar-refractivity contribution in [3.05, 3.63) is 23.8 Å². The molecular weight excluding hydrogens is 272 g/mol. The Bertz CT molecular complexity index is 530. The first-order valence-electron chi connectivity index (χ1n) is 7.05. The Morgan fingerprint density at radius 2 is 2.05 bits per heavy atom. The van der Waals surface area contributed by atoms with Crippen LogP contribution in [0.1, 0.15) is 32.3 Å². The summed E-state index contributed by atoms with van der Waals surface area (Å²) >= 11 is 0. The second kappa shape index (κ2) is 6.97. The van der Waals surface area contributed by atoms with Gasteiger partial charge in [-0.3, -0.25) is 9.59 Å². The van der Waals surface area contributed by atoms with Crippen LogP contribution in [0.3, 0.4) is 0 Å². The van der Waals surface area contributed by atoms with Gasteiger partial charge in [-0.2, -0.15) is 0 Å². The van der Waals surface area contributed by atoms with Gasteiger partial charge in [-0.05, 0) is 31.0 Å². The zero-order valence-corrected chi connectivity index (χ0v) is 12.3. The van der Waals surface area contributed by atoms with Crippen molar-refractivity contribution in [2.24, 2.45) is 0 Å². The third-order valence-corrected chi connectivity index (χ3v) is 3.15. The third kappa shape index (κ3) is 4.11. The fourth-order valence-electron chi connectivity index (χ4n) is 2.00. The molecule has 1 aromatic rings. The topological polar surface area (TPSA) is 76.7 Å². The van der Waals surface area contributed by atoms with E-state index in [-0.39, 0.29) is 18.6 Å². The van der Waals surface area contributed by atoms with Crippen LogP contribution < -0.4 is 20.1 Å². The van der Waals surface area contributed by atoms with Gasteiger partial charge in [-0.1, -0.05) is 13.0 Å². The number of carbonyl (C=O) groups is 2. The predicted molar refractivity (Wildman–Crippen MR) is 76.9 cm³/mol. The lowest BCUT2D eigenvalue weighted by molar-refractivity contribution is -0.128. The van der Waals surface area contributed by atoms with Crippen LogP contribution >= 0.6 is 0 Å². The Labute approximate surface area is 123 Å². The van der Waals surface area contributed by atoms with E-state index in [2.05, 4.69) is 10.6 Å². The van der Waals surface area contributed by atoms with Gasteiger partial charge in [0.25, 0.3) is 0 Å². The molecule has 1 aliphatic rings. The maximum Gasteiger partial charge on any atom is 0.242 e. The summed E-state index contributed by atoms with van der Waals surface area (Å²) in [7, 11) is 0. The van der Waals surface area contributed by atoms with Crippen molar-refractivity contribution in [3.63, 3.8) is 0 Å². The molecule has 2 amide bonds. The lowest BCUT2D eigenvalue weighted by atomic mass is 10.2. The Kier molecular flexibility index (Phi) is 5.03. The minimum absolute atomic E-state index is 0.108. The first-order chi connectivity index (χ1) is 10.1. The van der Waals surface area contributed by atoms with Crippen LogP contribution in [0.25, 0.3) is 0 Å². The Hall–Kier alpha value is -2.24. The molecule has 0 bridgehead atoms. The average molecular weight is 292 g/mol. The van der Waals surface area contributed by atoms with Crippen LogP contribution in [-0.2, 0) is 16.1 Å². The lowest BCUT2D eigenvalue weighted by Gasteiger charge is -2.14. The molecule has 2 rings (SSSR count). The maximum absolute atomic E-state index is 11.9.